The van der Waals surface area contributed by atoms with Crippen LogP contribution < -0.4 is 24.8 Å². The SMILES string of the molecule is COc1ccc(N2C[C@@H](C(=O)N3CCCc4cc[nH]c(=O)c43)CC2=O)c(OC)c1. The number of carbonyl (C=O) groups is 2. The number of H-pyrrole nitrogens is 1. The molecule has 2 aliphatic rings. The summed E-state index contributed by atoms with van der Waals surface area (Å²) in [5.74, 6) is 0.274. The van der Waals surface area contributed by atoms with Crippen LogP contribution in [0.25, 0.3) is 0 Å². The van der Waals surface area contributed by atoms with Gasteiger partial charge in [-0.25, -0.2) is 0 Å². The average Bonchev–Trinajstić information content (AvgIpc) is 3.13. The fourth-order valence-electron chi connectivity index (χ4n) is 4.10. The van der Waals surface area contributed by atoms with E-state index >= 15 is 0 Å². The molecule has 1 N–H and O–H groups in total. The maximum Gasteiger partial charge on any atom is 0.272 e. The summed E-state index contributed by atoms with van der Waals surface area (Å²) in [4.78, 5) is 44.0. The number of amides is 2. The summed E-state index contributed by atoms with van der Waals surface area (Å²) in [5.41, 5.74) is 1.61. The molecule has 0 aliphatic carbocycles. The molecule has 0 bridgehead atoms. The summed E-state index contributed by atoms with van der Waals surface area (Å²) in [6.45, 7) is 0.729. The minimum atomic E-state index is -0.514. The largest absolute Gasteiger partial charge is 0.497 e. The molecule has 8 nitrogen and oxygen atoms in total. The zero-order valence-corrected chi connectivity index (χ0v) is 16.4. The van der Waals surface area contributed by atoms with E-state index in [4.69, 9.17) is 9.47 Å². The Kier molecular flexibility index (Phi) is 5.00. The average molecular weight is 397 g/mol. The molecule has 0 spiro atoms. The molecule has 1 saturated heterocycles. The number of methoxy groups -OCH3 is 2. The van der Waals surface area contributed by atoms with E-state index in [1.807, 2.05) is 6.07 Å². The molecule has 0 radical (unpaired) electrons. The zero-order valence-electron chi connectivity index (χ0n) is 16.4. The van der Waals surface area contributed by atoms with Crippen molar-refractivity contribution < 1.29 is 19.1 Å². The van der Waals surface area contributed by atoms with Crippen LogP contribution >= 0.6 is 0 Å². The number of hydrogen-bond donors (Lipinski definition) is 1. The number of fused-ring (bicyclic) bond motifs is 1. The van der Waals surface area contributed by atoms with E-state index in [-0.39, 0.29) is 30.3 Å². The van der Waals surface area contributed by atoms with Gasteiger partial charge in [0.2, 0.25) is 11.8 Å². The number of pyridine rings is 1. The predicted octanol–water partition coefficient (Wildman–Crippen LogP) is 1.72. The summed E-state index contributed by atoms with van der Waals surface area (Å²) in [7, 11) is 3.08. The van der Waals surface area contributed by atoms with Gasteiger partial charge < -0.3 is 24.3 Å². The van der Waals surface area contributed by atoms with E-state index in [1.54, 1.807) is 41.3 Å². The fraction of sp³-hybridized carbons (Fsp3) is 0.381. The summed E-state index contributed by atoms with van der Waals surface area (Å²) in [6, 6.07) is 7.05. The standard InChI is InChI=1S/C21H23N3O5/c1-28-15-5-6-16(17(11-15)29-2)24-12-14(10-18(24)25)21(27)23-9-3-4-13-7-8-22-20(26)19(13)23/h5-8,11,14H,3-4,9-10,12H2,1-2H3,(H,22,26)/t14-/m0/s1. The maximum absolute atomic E-state index is 13.2. The normalized spacial score (nSPS) is 18.6. The summed E-state index contributed by atoms with van der Waals surface area (Å²) >= 11 is 0. The minimum Gasteiger partial charge on any atom is -0.497 e. The molecule has 0 saturated carbocycles. The number of aromatic amines is 1. The Labute approximate surface area is 168 Å². The highest BCUT2D eigenvalue weighted by Gasteiger charge is 2.40. The number of aryl methyl sites for hydroxylation is 1. The van der Waals surface area contributed by atoms with Gasteiger partial charge in [-0.15, -0.1) is 0 Å². The topological polar surface area (TPSA) is 91.9 Å². The molecule has 29 heavy (non-hydrogen) atoms. The van der Waals surface area contributed by atoms with Gasteiger partial charge in [-0.05, 0) is 36.6 Å². The highest BCUT2D eigenvalue weighted by molar-refractivity contribution is 6.05. The van der Waals surface area contributed by atoms with Gasteiger partial charge in [0, 0.05) is 31.8 Å². The molecule has 0 unspecified atom stereocenters. The van der Waals surface area contributed by atoms with Crippen molar-refractivity contribution in [2.24, 2.45) is 5.92 Å². The lowest BCUT2D eigenvalue weighted by atomic mass is 10.0. The first-order valence-corrected chi connectivity index (χ1v) is 9.57. The number of nitrogens with zero attached hydrogens (tertiary/aromatic N) is 2. The highest BCUT2D eigenvalue weighted by atomic mass is 16.5. The monoisotopic (exact) mass is 397 g/mol. The van der Waals surface area contributed by atoms with Crippen LogP contribution in [-0.4, -0.2) is 44.1 Å². The molecular weight excluding hydrogens is 374 g/mol. The quantitative estimate of drug-likeness (QED) is 0.848. The first-order valence-electron chi connectivity index (χ1n) is 9.57. The van der Waals surface area contributed by atoms with Crippen molar-refractivity contribution in [3.8, 4) is 11.5 Å². The van der Waals surface area contributed by atoms with Gasteiger partial charge >= 0.3 is 0 Å². The number of carbonyl (C=O) groups excluding carboxylic acids is 2. The molecule has 1 aromatic carbocycles. The molecular formula is C21H23N3O5. The minimum absolute atomic E-state index is 0.102. The van der Waals surface area contributed by atoms with E-state index in [2.05, 4.69) is 4.98 Å². The molecule has 152 valence electrons. The van der Waals surface area contributed by atoms with E-state index < -0.39 is 5.92 Å². The van der Waals surface area contributed by atoms with Gasteiger partial charge in [0.25, 0.3) is 5.56 Å². The van der Waals surface area contributed by atoms with Gasteiger partial charge in [0.15, 0.2) is 0 Å². The molecule has 8 heteroatoms. The van der Waals surface area contributed by atoms with Crippen LogP contribution in [0.15, 0.2) is 35.3 Å². The lowest BCUT2D eigenvalue weighted by Gasteiger charge is -2.30. The highest BCUT2D eigenvalue weighted by Crippen LogP contribution is 2.36. The first-order chi connectivity index (χ1) is 14.0. The number of anilines is 2. The molecule has 1 atom stereocenters. The van der Waals surface area contributed by atoms with Gasteiger partial charge in [-0.2, -0.15) is 0 Å². The molecule has 2 aromatic rings. The van der Waals surface area contributed by atoms with Crippen LogP contribution in [0.3, 0.4) is 0 Å². The molecule has 1 fully saturated rings. The number of benzene rings is 1. The van der Waals surface area contributed by atoms with E-state index in [0.29, 0.717) is 29.4 Å². The fourth-order valence-corrected chi connectivity index (χ4v) is 4.10. The second-order valence-corrected chi connectivity index (χ2v) is 7.22. The van der Waals surface area contributed by atoms with Gasteiger partial charge in [-0.3, -0.25) is 14.4 Å². The van der Waals surface area contributed by atoms with Crippen LogP contribution in [-0.2, 0) is 16.0 Å². The molecule has 3 heterocycles. The molecule has 2 amide bonds. The Hall–Kier alpha value is -3.29. The Morgan fingerprint density at radius 3 is 2.76 bits per heavy atom. The van der Waals surface area contributed by atoms with Gasteiger partial charge in [-0.1, -0.05) is 0 Å². The third-order valence-electron chi connectivity index (χ3n) is 5.53. The van der Waals surface area contributed by atoms with Crippen LogP contribution in [0.1, 0.15) is 18.4 Å². The van der Waals surface area contributed by atoms with Crippen LogP contribution in [0.4, 0.5) is 11.4 Å². The van der Waals surface area contributed by atoms with Crippen molar-refractivity contribution in [1.29, 1.82) is 0 Å². The Bertz CT molecular complexity index is 1020. The number of hydrogen-bond acceptors (Lipinski definition) is 5. The van der Waals surface area contributed by atoms with Crippen molar-refractivity contribution in [1.82, 2.24) is 4.98 Å². The summed E-state index contributed by atoms with van der Waals surface area (Å²) < 4.78 is 10.6. The smallest absolute Gasteiger partial charge is 0.272 e. The number of rotatable bonds is 4. The molecule has 1 aromatic heterocycles. The van der Waals surface area contributed by atoms with Crippen LogP contribution in [0, 0.1) is 5.92 Å². The Balaban J connectivity index is 1.60. The summed E-state index contributed by atoms with van der Waals surface area (Å²) in [6.07, 6.45) is 3.26. The Morgan fingerprint density at radius 1 is 1.17 bits per heavy atom. The van der Waals surface area contributed by atoms with Gasteiger partial charge in [0.05, 0.1) is 25.8 Å². The van der Waals surface area contributed by atoms with Gasteiger partial charge in [0.1, 0.15) is 17.2 Å². The van der Waals surface area contributed by atoms with E-state index in [1.165, 1.54) is 7.11 Å². The second-order valence-electron chi connectivity index (χ2n) is 7.22. The molecule has 2 aliphatic heterocycles. The number of aromatic nitrogens is 1. The van der Waals surface area contributed by atoms with Crippen molar-refractivity contribution in [3.05, 3.63) is 46.4 Å². The van der Waals surface area contributed by atoms with Crippen molar-refractivity contribution in [2.45, 2.75) is 19.3 Å². The Morgan fingerprint density at radius 2 is 2.00 bits per heavy atom. The lowest BCUT2D eigenvalue weighted by Crippen LogP contribution is -2.43. The maximum atomic E-state index is 13.2. The predicted molar refractivity (Wildman–Crippen MR) is 108 cm³/mol. The van der Waals surface area contributed by atoms with Crippen molar-refractivity contribution in [3.63, 3.8) is 0 Å². The van der Waals surface area contributed by atoms with Crippen LogP contribution in [0.2, 0.25) is 0 Å². The number of nitrogens with one attached hydrogen (secondary N) is 1. The lowest BCUT2D eigenvalue weighted by molar-refractivity contribution is -0.124. The third-order valence-corrected chi connectivity index (χ3v) is 5.53. The third kappa shape index (κ3) is 3.35. The summed E-state index contributed by atoms with van der Waals surface area (Å²) in [5, 5.41) is 0. The first kappa shape index (κ1) is 19.0. The zero-order chi connectivity index (χ0) is 20.5. The molecule has 4 rings (SSSR count). The van der Waals surface area contributed by atoms with E-state index in [0.717, 1.165) is 18.4 Å². The van der Waals surface area contributed by atoms with E-state index in [9.17, 15) is 14.4 Å². The number of ether oxygens (including phenoxy) is 2. The second kappa shape index (κ2) is 7.62. The van der Waals surface area contributed by atoms with Crippen LogP contribution in [0.5, 0.6) is 11.5 Å². The van der Waals surface area contributed by atoms with Crippen molar-refractivity contribution in [2.75, 3.05) is 37.1 Å². The van der Waals surface area contributed by atoms with Crippen molar-refractivity contribution >= 4 is 23.2 Å².